The maximum absolute atomic E-state index is 12.5. The molecular formula is C20H28N4O3. The average Bonchev–Trinajstić information content (AvgIpc) is 3.08. The molecule has 2 heterocycles. The van der Waals surface area contributed by atoms with Crippen molar-refractivity contribution in [1.82, 2.24) is 15.5 Å². The number of benzene rings is 1. The fraction of sp³-hybridized carbons (Fsp3) is 0.550. The summed E-state index contributed by atoms with van der Waals surface area (Å²) in [5, 5.41) is 9.03. The number of hydrogen-bond donors (Lipinski definition) is 3. The second kappa shape index (κ2) is 8.99. The van der Waals surface area contributed by atoms with E-state index >= 15 is 0 Å². The molecule has 7 heteroatoms. The highest BCUT2D eigenvalue weighted by molar-refractivity contribution is 5.93. The van der Waals surface area contributed by atoms with Crippen molar-refractivity contribution in [2.45, 2.75) is 26.2 Å². The predicted molar refractivity (Wildman–Crippen MR) is 103 cm³/mol. The zero-order chi connectivity index (χ0) is 19.2. The third kappa shape index (κ3) is 5.29. The van der Waals surface area contributed by atoms with Gasteiger partial charge in [0.25, 0.3) is 0 Å². The summed E-state index contributed by atoms with van der Waals surface area (Å²) in [7, 11) is 0. The van der Waals surface area contributed by atoms with Crippen LogP contribution in [0.2, 0.25) is 0 Å². The molecule has 0 aromatic heterocycles. The van der Waals surface area contributed by atoms with Gasteiger partial charge in [-0.05, 0) is 31.9 Å². The molecule has 1 aromatic carbocycles. The molecule has 27 heavy (non-hydrogen) atoms. The number of amides is 3. The SMILES string of the molecule is Cc1ccc(NC(=O)C2CNCC(C(=O)NCCN3CCCC3=O)C2)cc1. The molecule has 0 saturated carbocycles. The Kier molecular flexibility index (Phi) is 6.45. The average molecular weight is 372 g/mol. The Morgan fingerprint density at radius 1 is 1.15 bits per heavy atom. The minimum atomic E-state index is -0.240. The minimum absolute atomic E-state index is 0.0537. The van der Waals surface area contributed by atoms with Crippen LogP contribution in [0, 0.1) is 18.8 Å². The third-order valence-electron chi connectivity index (χ3n) is 5.26. The number of carbonyl (C=O) groups excluding carboxylic acids is 3. The fourth-order valence-electron chi connectivity index (χ4n) is 3.62. The molecule has 2 unspecified atom stereocenters. The van der Waals surface area contributed by atoms with Crippen LogP contribution in [0.15, 0.2) is 24.3 Å². The smallest absolute Gasteiger partial charge is 0.228 e. The standard InChI is InChI=1S/C20H28N4O3/c1-14-4-6-17(7-5-14)23-20(27)16-11-15(12-21-13-16)19(26)22-8-10-24-9-2-3-18(24)25/h4-7,15-16,21H,2-3,8-13H2,1H3,(H,22,26)(H,23,27). The summed E-state index contributed by atoms with van der Waals surface area (Å²) in [5.41, 5.74) is 1.91. The van der Waals surface area contributed by atoms with E-state index in [1.165, 1.54) is 0 Å². The lowest BCUT2D eigenvalue weighted by molar-refractivity contribution is -0.130. The third-order valence-corrected chi connectivity index (χ3v) is 5.26. The van der Waals surface area contributed by atoms with Gasteiger partial charge < -0.3 is 20.9 Å². The quantitative estimate of drug-likeness (QED) is 0.692. The summed E-state index contributed by atoms with van der Waals surface area (Å²) in [4.78, 5) is 38.3. The summed E-state index contributed by atoms with van der Waals surface area (Å²) in [6, 6.07) is 7.67. The van der Waals surface area contributed by atoms with Gasteiger partial charge in [0.15, 0.2) is 0 Å². The molecule has 2 atom stereocenters. The van der Waals surface area contributed by atoms with E-state index in [9.17, 15) is 14.4 Å². The topological polar surface area (TPSA) is 90.5 Å². The fourth-order valence-corrected chi connectivity index (χ4v) is 3.62. The monoisotopic (exact) mass is 372 g/mol. The molecule has 146 valence electrons. The van der Waals surface area contributed by atoms with Crippen LogP contribution < -0.4 is 16.0 Å². The lowest BCUT2D eigenvalue weighted by atomic mass is 9.89. The lowest BCUT2D eigenvalue weighted by Crippen LogP contribution is -2.48. The van der Waals surface area contributed by atoms with Crippen molar-refractivity contribution in [3.63, 3.8) is 0 Å². The molecule has 0 radical (unpaired) electrons. The van der Waals surface area contributed by atoms with E-state index in [-0.39, 0.29) is 29.6 Å². The summed E-state index contributed by atoms with van der Waals surface area (Å²) >= 11 is 0. The lowest BCUT2D eigenvalue weighted by Gasteiger charge is -2.28. The summed E-state index contributed by atoms with van der Waals surface area (Å²) in [6.07, 6.45) is 2.04. The Balaban J connectivity index is 1.44. The summed E-state index contributed by atoms with van der Waals surface area (Å²) < 4.78 is 0. The number of nitrogens with zero attached hydrogens (tertiary/aromatic N) is 1. The maximum atomic E-state index is 12.5. The first kappa shape index (κ1) is 19.4. The molecule has 7 nitrogen and oxygen atoms in total. The van der Waals surface area contributed by atoms with Crippen LogP contribution in [0.1, 0.15) is 24.8 Å². The van der Waals surface area contributed by atoms with Crippen molar-refractivity contribution < 1.29 is 14.4 Å². The minimum Gasteiger partial charge on any atom is -0.354 e. The number of hydrogen-bond acceptors (Lipinski definition) is 4. The predicted octanol–water partition coefficient (Wildman–Crippen LogP) is 0.898. The van der Waals surface area contributed by atoms with Crippen molar-refractivity contribution in [3.05, 3.63) is 29.8 Å². The first-order valence-corrected chi connectivity index (χ1v) is 9.66. The van der Waals surface area contributed by atoms with E-state index in [2.05, 4.69) is 16.0 Å². The summed E-state index contributed by atoms with van der Waals surface area (Å²) in [5.74, 6) is -0.428. The van der Waals surface area contributed by atoms with Crippen molar-refractivity contribution in [1.29, 1.82) is 0 Å². The molecular weight excluding hydrogens is 344 g/mol. The largest absolute Gasteiger partial charge is 0.354 e. The van der Waals surface area contributed by atoms with Gasteiger partial charge in [-0.15, -0.1) is 0 Å². The highest BCUT2D eigenvalue weighted by atomic mass is 16.2. The Morgan fingerprint density at radius 2 is 1.85 bits per heavy atom. The van der Waals surface area contributed by atoms with Crippen LogP contribution in [-0.4, -0.2) is 55.3 Å². The highest BCUT2D eigenvalue weighted by Gasteiger charge is 2.31. The highest BCUT2D eigenvalue weighted by Crippen LogP contribution is 2.19. The van der Waals surface area contributed by atoms with Gasteiger partial charge in [0.2, 0.25) is 17.7 Å². The van der Waals surface area contributed by atoms with Crippen LogP contribution in [0.4, 0.5) is 5.69 Å². The molecule has 2 saturated heterocycles. The van der Waals surface area contributed by atoms with E-state index in [0.717, 1.165) is 24.2 Å². The van der Waals surface area contributed by atoms with Crippen LogP contribution in [-0.2, 0) is 14.4 Å². The van der Waals surface area contributed by atoms with Crippen LogP contribution in [0.25, 0.3) is 0 Å². The van der Waals surface area contributed by atoms with E-state index < -0.39 is 0 Å². The number of aryl methyl sites for hydroxylation is 1. The second-order valence-corrected chi connectivity index (χ2v) is 7.42. The van der Waals surface area contributed by atoms with Gasteiger partial charge in [-0.1, -0.05) is 17.7 Å². The molecule has 3 amide bonds. The molecule has 2 fully saturated rings. The van der Waals surface area contributed by atoms with E-state index in [4.69, 9.17) is 0 Å². The number of piperidine rings is 1. The van der Waals surface area contributed by atoms with Gasteiger partial charge >= 0.3 is 0 Å². The molecule has 3 N–H and O–H groups in total. The van der Waals surface area contributed by atoms with Crippen LogP contribution in [0.3, 0.4) is 0 Å². The number of carbonyl (C=O) groups is 3. The Bertz CT molecular complexity index is 689. The van der Waals surface area contributed by atoms with Gasteiger partial charge in [-0.2, -0.15) is 0 Å². The number of nitrogens with one attached hydrogen (secondary N) is 3. The molecule has 0 spiro atoms. The molecule has 2 aliphatic heterocycles. The number of anilines is 1. The maximum Gasteiger partial charge on any atom is 0.228 e. The van der Waals surface area contributed by atoms with Crippen molar-refractivity contribution in [2.75, 3.05) is 38.0 Å². The number of rotatable bonds is 6. The van der Waals surface area contributed by atoms with Gasteiger partial charge in [0, 0.05) is 44.8 Å². The Labute approximate surface area is 159 Å². The molecule has 2 aliphatic rings. The second-order valence-electron chi connectivity index (χ2n) is 7.42. The van der Waals surface area contributed by atoms with Crippen molar-refractivity contribution in [3.8, 4) is 0 Å². The number of likely N-dealkylation sites (tertiary alicyclic amines) is 1. The summed E-state index contributed by atoms with van der Waals surface area (Å²) in [6.45, 7) is 4.94. The van der Waals surface area contributed by atoms with Gasteiger partial charge in [-0.3, -0.25) is 14.4 Å². The zero-order valence-corrected chi connectivity index (χ0v) is 15.8. The molecule has 0 aliphatic carbocycles. The molecule has 3 rings (SSSR count). The Morgan fingerprint density at radius 3 is 2.52 bits per heavy atom. The molecule has 1 aromatic rings. The van der Waals surface area contributed by atoms with Gasteiger partial charge in [-0.25, -0.2) is 0 Å². The van der Waals surface area contributed by atoms with Crippen molar-refractivity contribution in [2.24, 2.45) is 11.8 Å². The van der Waals surface area contributed by atoms with Crippen LogP contribution >= 0.6 is 0 Å². The zero-order valence-electron chi connectivity index (χ0n) is 15.8. The Hall–Kier alpha value is -2.41. The normalized spacial score (nSPS) is 22.6. The molecule has 0 bridgehead atoms. The van der Waals surface area contributed by atoms with Gasteiger partial charge in [0.1, 0.15) is 0 Å². The van der Waals surface area contributed by atoms with Crippen molar-refractivity contribution >= 4 is 23.4 Å². The van der Waals surface area contributed by atoms with Gasteiger partial charge in [0.05, 0.1) is 11.8 Å². The first-order valence-electron chi connectivity index (χ1n) is 9.66. The van der Waals surface area contributed by atoms with E-state index in [1.807, 2.05) is 31.2 Å². The van der Waals surface area contributed by atoms with E-state index in [0.29, 0.717) is 39.0 Å². The van der Waals surface area contributed by atoms with Crippen LogP contribution in [0.5, 0.6) is 0 Å². The first-order chi connectivity index (χ1) is 13.0. The van der Waals surface area contributed by atoms with E-state index in [1.54, 1.807) is 4.90 Å².